The van der Waals surface area contributed by atoms with Crippen molar-refractivity contribution in [2.75, 3.05) is 0 Å². The first kappa shape index (κ1) is 11.3. The van der Waals surface area contributed by atoms with Gasteiger partial charge < -0.3 is 5.11 Å². The molecule has 1 N–H and O–H groups in total. The fraction of sp³-hybridized carbons (Fsp3) is 0.500. The summed E-state index contributed by atoms with van der Waals surface area (Å²) < 4.78 is 1.14. The van der Waals surface area contributed by atoms with Gasteiger partial charge in [-0.1, -0.05) is 0 Å². The highest BCUT2D eigenvalue weighted by Gasteiger charge is 2.26. The van der Waals surface area contributed by atoms with Crippen molar-refractivity contribution >= 4 is 40.6 Å². The Morgan fingerprint density at radius 3 is 1.75 bits per heavy atom. The van der Waals surface area contributed by atoms with Crippen LogP contribution in [0, 0.1) is 0 Å². The highest BCUT2D eigenvalue weighted by atomic mass is 127. The lowest BCUT2D eigenvalue weighted by atomic mass is 10.4. The maximum Gasteiger partial charge on any atom is 0.300 e. The zero-order valence-electron chi connectivity index (χ0n) is 6.41. The third kappa shape index (κ3) is 4.27. The van der Waals surface area contributed by atoms with Gasteiger partial charge in [0.15, 0.2) is 0 Å². The minimum Gasteiger partial charge on any atom is -0.481 e. The van der Waals surface area contributed by atoms with Gasteiger partial charge in [0.25, 0.3) is 5.97 Å². The van der Waals surface area contributed by atoms with Gasteiger partial charge in [-0.25, -0.2) is 3.11 Å². The summed E-state index contributed by atoms with van der Waals surface area (Å²) in [6, 6.07) is 0. The Hall–Kier alpha value is -0.660. The molecule has 0 aromatic carbocycles. The Kier molecular flexibility index (Phi) is 4.79. The maximum atomic E-state index is 10.5. The predicted octanol–water partition coefficient (Wildman–Crippen LogP) is 0.576. The molecule has 1 fully saturated rings. The highest BCUT2D eigenvalue weighted by molar-refractivity contribution is 14.1. The predicted molar refractivity (Wildman–Crippen MR) is 48.4 cm³/mol. The molecule has 0 atom stereocenters. The molecule has 0 aromatic rings. The van der Waals surface area contributed by atoms with Crippen molar-refractivity contribution in [2.45, 2.75) is 19.8 Å². The number of amides is 2. The van der Waals surface area contributed by atoms with Gasteiger partial charge in [0.1, 0.15) is 0 Å². The number of carbonyl (C=O) groups is 3. The molecule has 1 heterocycles. The van der Waals surface area contributed by atoms with Crippen LogP contribution in [0.25, 0.3) is 0 Å². The zero-order chi connectivity index (χ0) is 9.72. The van der Waals surface area contributed by atoms with Gasteiger partial charge in [-0.3, -0.25) is 14.4 Å². The molecule has 6 heteroatoms. The molecule has 68 valence electrons. The van der Waals surface area contributed by atoms with Crippen LogP contribution in [-0.2, 0) is 14.4 Å². The number of rotatable bonds is 0. The van der Waals surface area contributed by atoms with Crippen LogP contribution >= 0.6 is 22.9 Å². The van der Waals surface area contributed by atoms with E-state index in [9.17, 15) is 9.59 Å². The number of halogens is 1. The molecule has 2 amide bonds. The van der Waals surface area contributed by atoms with Crippen molar-refractivity contribution in [1.82, 2.24) is 3.11 Å². The molecular formula is C6H8INO4. The largest absolute Gasteiger partial charge is 0.481 e. The quantitative estimate of drug-likeness (QED) is 0.401. The SMILES string of the molecule is CC(=O)O.O=C1CCC(=O)N1I. The number of nitrogens with zero attached hydrogens (tertiary/aromatic N) is 1. The number of hydrogen-bond acceptors (Lipinski definition) is 3. The average Bonchev–Trinajstić information content (AvgIpc) is 2.19. The Balaban J connectivity index is 0.000000261. The molecule has 0 aliphatic carbocycles. The monoisotopic (exact) mass is 285 g/mol. The number of aliphatic carboxylic acids is 1. The van der Waals surface area contributed by atoms with Gasteiger partial charge in [0, 0.05) is 19.8 Å². The topological polar surface area (TPSA) is 74.7 Å². The molecule has 0 spiro atoms. The molecule has 0 saturated carbocycles. The number of carboxylic acid groups (broad SMARTS) is 1. The third-order valence-corrected chi connectivity index (χ3v) is 2.07. The summed E-state index contributed by atoms with van der Waals surface area (Å²) in [5.41, 5.74) is 0. The molecule has 1 aliphatic heterocycles. The van der Waals surface area contributed by atoms with Crippen LogP contribution in [0.5, 0.6) is 0 Å². The van der Waals surface area contributed by atoms with Crippen molar-refractivity contribution in [3.05, 3.63) is 0 Å². The molecule has 5 nitrogen and oxygen atoms in total. The van der Waals surface area contributed by atoms with Gasteiger partial charge in [-0.05, 0) is 0 Å². The number of hydrogen-bond donors (Lipinski definition) is 1. The van der Waals surface area contributed by atoms with E-state index in [4.69, 9.17) is 9.90 Å². The lowest BCUT2D eigenvalue weighted by molar-refractivity contribution is -0.134. The summed E-state index contributed by atoms with van der Waals surface area (Å²) in [4.78, 5) is 30.0. The van der Waals surface area contributed by atoms with E-state index in [0.717, 1.165) is 10.0 Å². The van der Waals surface area contributed by atoms with E-state index in [0.29, 0.717) is 12.8 Å². The summed E-state index contributed by atoms with van der Waals surface area (Å²) in [7, 11) is 0. The fourth-order valence-electron chi connectivity index (χ4n) is 0.549. The lowest BCUT2D eigenvalue weighted by Crippen LogP contribution is -2.16. The van der Waals surface area contributed by atoms with E-state index in [2.05, 4.69) is 0 Å². The van der Waals surface area contributed by atoms with Crippen LogP contribution in [0.1, 0.15) is 19.8 Å². The second kappa shape index (κ2) is 5.07. The van der Waals surface area contributed by atoms with Crippen LogP contribution in [-0.4, -0.2) is 26.0 Å². The first-order valence-corrected chi connectivity index (χ1v) is 4.12. The van der Waals surface area contributed by atoms with E-state index in [1.165, 1.54) is 0 Å². The summed E-state index contributed by atoms with van der Waals surface area (Å²) in [5.74, 6) is -0.980. The van der Waals surface area contributed by atoms with Gasteiger partial charge in [0.2, 0.25) is 11.8 Å². The number of carbonyl (C=O) groups excluding carboxylic acids is 2. The molecule has 0 aromatic heterocycles. The average molecular weight is 285 g/mol. The smallest absolute Gasteiger partial charge is 0.300 e. The Labute approximate surface area is 83.2 Å². The van der Waals surface area contributed by atoms with Crippen molar-refractivity contribution < 1.29 is 19.5 Å². The summed E-state index contributed by atoms with van der Waals surface area (Å²) in [6.07, 6.45) is 0.781. The Morgan fingerprint density at radius 1 is 1.42 bits per heavy atom. The van der Waals surface area contributed by atoms with Gasteiger partial charge >= 0.3 is 0 Å². The zero-order valence-corrected chi connectivity index (χ0v) is 8.57. The lowest BCUT2D eigenvalue weighted by Gasteiger charge is -1.97. The van der Waals surface area contributed by atoms with E-state index in [1.807, 2.05) is 0 Å². The number of imide groups is 1. The van der Waals surface area contributed by atoms with E-state index in [-0.39, 0.29) is 11.8 Å². The summed E-state index contributed by atoms with van der Waals surface area (Å²) in [6.45, 7) is 1.08. The molecule has 1 saturated heterocycles. The summed E-state index contributed by atoms with van der Waals surface area (Å²) in [5, 5.41) is 7.42. The van der Waals surface area contributed by atoms with Gasteiger partial charge in [-0.15, -0.1) is 0 Å². The van der Waals surface area contributed by atoms with Crippen molar-refractivity contribution in [3.8, 4) is 0 Å². The highest BCUT2D eigenvalue weighted by Crippen LogP contribution is 2.15. The second-order valence-corrected chi connectivity index (χ2v) is 3.05. The van der Waals surface area contributed by atoms with Crippen molar-refractivity contribution in [3.63, 3.8) is 0 Å². The Bertz CT molecular complexity index is 196. The van der Waals surface area contributed by atoms with Crippen LogP contribution in [0.2, 0.25) is 0 Å². The molecular weight excluding hydrogens is 277 g/mol. The van der Waals surface area contributed by atoms with Crippen LogP contribution in [0.4, 0.5) is 0 Å². The van der Waals surface area contributed by atoms with Crippen LogP contribution in [0.15, 0.2) is 0 Å². The number of carboxylic acids is 1. The molecule has 1 rings (SSSR count). The minimum atomic E-state index is -0.833. The standard InChI is InChI=1S/C4H4INO2.C2H4O2/c5-6-3(7)1-2-4(6)8;1-2(3)4/h1-2H2;1H3,(H,3,4). The first-order chi connectivity index (χ1) is 5.45. The third-order valence-electron chi connectivity index (χ3n) is 0.991. The van der Waals surface area contributed by atoms with Gasteiger partial charge in [-0.2, -0.15) is 0 Å². The molecule has 0 unspecified atom stereocenters. The molecule has 12 heavy (non-hydrogen) atoms. The normalized spacial score (nSPS) is 15.7. The van der Waals surface area contributed by atoms with E-state index < -0.39 is 5.97 Å². The van der Waals surface area contributed by atoms with Crippen LogP contribution < -0.4 is 0 Å². The fourth-order valence-corrected chi connectivity index (χ4v) is 1.03. The van der Waals surface area contributed by atoms with Crippen molar-refractivity contribution in [2.24, 2.45) is 0 Å². The minimum absolute atomic E-state index is 0.0735. The summed E-state index contributed by atoms with van der Waals surface area (Å²) >= 11 is 1.72. The first-order valence-electron chi connectivity index (χ1n) is 3.16. The van der Waals surface area contributed by atoms with Crippen LogP contribution in [0.3, 0.4) is 0 Å². The Morgan fingerprint density at radius 2 is 1.67 bits per heavy atom. The van der Waals surface area contributed by atoms with E-state index in [1.54, 1.807) is 22.9 Å². The molecule has 0 radical (unpaired) electrons. The van der Waals surface area contributed by atoms with E-state index >= 15 is 0 Å². The van der Waals surface area contributed by atoms with Crippen molar-refractivity contribution in [1.29, 1.82) is 0 Å². The second-order valence-electron chi connectivity index (χ2n) is 2.09. The molecule has 0 bridgehead atoms. The maximum absolute atomic E-state index is 10.5. The van der Waals surface area contributed by atoms with Gasteiger partial charge in [0.05, 0.1) is 22.9 Å². The molecule has 1 aliphatic rings.